The third-order valence-electron chi connectivity index (χ3n) is 3.64. The molecule has 7 nitrogen and oxygen atoms in total. The van der Waals surface area contributed by atoms with Crippen LogP contribution in [0.15, 0.2) is 0 Å². The fourth-order valence-electron chi connectivity index (χ4n) is 2.61. The second-order valence-corrected chi connectivity index (χ2v) is 5.21. The highest BCUT2D eigenvalue weighted by Gasteiger charge is 2.22. The van der Waals surface area contributed by atoms with Crippen LogP contribution < -0.4 is 11.1 Å². The Labute approximate surface area is 118 Å². The number of nitrogens with zero attached hydrogens (tertiary/aromatic N) is 4. The van der Waals surface area contributed by atoms with Gasteiger partial charge in [-0.05, 0) is 19.8 Å². The van der Waals surface area contributed by atoms with Crippen molar-refractivity contribution in [3.63, 3.8) is 0 Å². The van der Waals surface area contributed by atoms with Gasteiger partial charge >= 0.3 is 0 Å². The Morgan fingerprint density at radius 3 is 2.75 bits per heavy atom. The molecule has 2 rings (SSSR count). The van der Waals surface area contributed by atoms with Gasteiger partial charge in [0.2, 0.25) is 5.91 Å². The molecule has 1 aliphatic heterocycles. The van der Waals surface area contributed by atoms with Crippen LogP contribution in [0.25, 0.3) is 0 Å². The lowest BCUT2D eigenvalue weighted by Crippen LogP contribution is -2.43. The Balaban J connectivity index is 1.96. The van der Waals surface area contributed by atoms with Gasteiger partial charge in [0.15, 0.2) is 0 Å². The van der Waals surface area contributed by atoms with Crippen molar-refractivity contribution in [3.05, 3.63) is 11.3 Å². The van der Waals surface area contributed by atoms with Gasteiger partial charge in [0.25, 0.3) is 0 Å². The molecular formula is C13H20N6O. The minimum atomic E-state index is -0.287. The zero-order valence-electron chi connectivity index (χ0n) is 11.9. The monoisotopic (exact) mass is 276 g/mol. The van der Waals surface area contributed by atoms with E-state index in [9.17, 15) is 10.1 Å². The second kappa shape index (κ2) is 5.92. The van der Waals surface area contributed by atoms with Gasteiger partial charge in [-0.3, -0.25) is 14.4 Å². The molecule has 0 atom stereocenters. The van der Waals surface area contributed by atoms with Crippen molar-refractivity contribution in [2.75, 3.05) is 25.0 Å². The molecule has 0 aromatic carbocycles. The van der Waals surface area contributed by atoms with Crippen LogP contribution in [-0.4, -0.2) is 46.3 Å². The summed E-state index contributed by atoms with van der Waals surface area (Å²) in [7, 11) is 1.83. The number of piperidine rings is 1. The SMILES string of the molecule is Cc1nn(C)c(NC2CCN(CC(N)=O)CC2)c1C#N. The Morgan fingerprint density at radius 1 is 1.55 bits per heavy atom. The van der Waals surface area contributed by atoms with Crippen molar-refractivity contribution in [2.24, 2.45) is 12.8 Å². The van der Waals surface area contributed by atoms with E-state index in [-0.39, 0.29) is 5.91 Å². The van der Waals surface area contributed by atoms with Gasteiger partial charge in [-0.15, -0.1) is 0 Å². The molecule has 0 bridgehead atoms. The average Bonchev–Trinajstić information content (AvgIpc) is 2.65. The molecule has 1 amide bonds. The summed E-state index contributed by atoms with van der Waals surface area (Å²) in [6.45, 7) is 3.82. The Bertz CT molecular complexity index is 536. The Kier molecular flexibility index (Phi) is 4.25. The van der Waals surface area contributed by atoms with E-state index in [4.69, 9.17) is 5.73 Å². The quantitative estimate of drug-likeness (QED) is 0.804. The summed E-state index contributed by atoms with van der Waals surface area (Å²) in [5.41, 5.74) is 6.54. The van der Waals surface area contributed by atoms with Crippen molar-refractivity contribution in [2.45, 2.75) is 25.8 Å². The number of nitrogens with one attached hydrogen (secondary N) is 1. The molecule has 1 aromatic heterocycles. The summed E-state index contributed by atoms with van der Waals surface area (Å²) in [6.07, 6.45) is 1.84. The standard InChI is InChI=1S/C13H20N6O/c1-9-11(7-14)13(18(2)17-9)16-10-3-5-19(6-4-10)8-12(15)20/h10,16H,3-6,8H2,1-2H3,(H2,15,20). The van der Waals surface area contributed by atoms with Crippen molar-refractivity contribution in [1.82, 2.24) is 14.7 Å². The number of aromatic nitrogens is 2. The van der Waals surface area contributed by atoms with Gasteiger partial charge in [0.1, 0.15) is 17.5 Å². The second-order valence-electron chi connectivity index (χ2n) is 5.21. The number of nitriles is 1. The average molecular weight is 276 g/mol. The first kappa shape index (κ1) is 14.3. The van der Waals surface area contributed by atoms with Crippen LogP contribution >= 0.6 is 0 Å². The van der Waals surface area contributed by atoms with E-state index in [1.54, 1.807) is 4.68 Å². The van der Waals surface area contributed by atoms with E-state index in [1.807, 2.05) is 14.0 Å². The summed E-state index contributed by atoms with van der Waals surface area (Å²) < 4.78 is 1.71. The highest BCUT2D eigenvalue weighted by Crippen LogP contribution is 2.21. The lowest BCUT2D eigenvalue weighted by molar-refractivity contribution is -0.119. The first-order chi connectivity index (χ1) is 9.51. The lowest BCUT2D eigenvalue weighted by atomic mass is 10.0. The smallest absolute Gasteiger partial charge is 0.231 e. The summed E-state index contributed by atoms with van der Waals surface area (Å²) in [4.78, 5) is 12.9. The van der Waals surface area contributed by atoms with Gasteiger partial charge in [-0.1, -0.05) is 0 Å². The largest absolute Gasteiger partial charge is 0.369 e. The van der Waals surface area contributed by atoms with Crippen LogP contribution in [0.4, 0.5) is 5.82 Å². The third-order valence-corrected chi connectivity index (χ3v) is 3.64. The van der Waals surface area contributed by atoms with Crippen molar-refractivity contribution in [3.8, 4) is 6.07 Å². The molecule has 1 saturated heterocycles. The van der Waals surface area contributed by atoms with Gasteiger partial charge in [-0.25, -0.2) is 0 Å². The maximum Gasteiger partial charge on any atom is 0.231 e. The van der Waals surface area contributed by atoms with Gasteiger partial charge in [-0.2, -0.15) is 10.4 Å². The molecule has 1 aromatic rings. The van der Waals surface area contributed by atoms with Crippen LogP contribution in [0, 0.1) is 18.3 Å². The molecular weight excluding hydrogens is 256 g/mol. The first-order valence-electron chi connectivity index (χ1n) is 6.72. The van der Waals surface area contributed by atoms with E-state index in [1.165, 1.54) is 0 Å². The minimum absolute atomic E-state index is 0.287. The van der Waals surface area contributed by atoms with Crippen molar-refractivity contribution >= 4 is 11.7 Å². The molecule has 108 valence electrons. The molecule has 0 spiro atoms. The number of amides is 1. The highest BCUT2D eigenvalue weighted by atomic mass is 16.1. The van der Waals surface area contributed by atoms with Crippen LogP contribution in [0.5, 0.6) is 0 Å². The molecule has 7 heteroatoms. The number of nitrogens with two attached hydrogens (primary N) is 1. The number of rotatable bonds is 4. The zero-order chi connectivity index (χ0) is 14.7. The first-order valence-corrected chi connectivity index (χ1v) is 6.72. The molecule has 0 saturated carbocycles. The Hall–Kier alpha value is -2.07. The normalized spacial score (nSPS) is 16.9. The third kappa shape index (κ3) is 3.08. The van der Waals surface area contributed by atoms with Crippen LogP contribution in [0.3, 0.4) is 0 Å². The van der Waals surface area contributed by atoms with E-state index < -0.39 is 0 Å². The number of likely N-dealkylation sites (tertiary alicyclic amines) is 1. The highest BCUT2D eigenvalue weighted by molar-refractivity contribution is 5.75. The number of hydrogen-bond acceptors (Lipinski definition) is 5. The number of primary amides is 1. The van der Waals surface area contributed by atoms with Gasteiger partial charge < -0.3 is 11.1 Å². The maximum absolute atomic E-state index is 10.9. The number of carbonyl (C=O) groups is 1. The fourth-order valence-corrected chi connectivity index (χ4v) is 2.61. The Morgan fingerprint density at radius 2 is 2.20 bits per heavy atom. The van der Waals surface area contributed by atoms with Gasteiger partial charge in [0, 0.05) is 26.2 Å². The molecule has 0 aliphatic carbocycles. The van der Waals surface area contributed by atoms with E-state index in [2.05, 4.69) is 21.4 Å². The summed E-state index contributed by atoms with van der Waals surface area (Å²) >= 11 is 0. The van der Waals surface area contributed by atoms with Gasteiger partial charge in [0.05, 0.1) is 12.2 Å². The van der Waals surface area contributed by atoms with Crippen molar-refractivity contribution in [1.29, 1.82) is 5.26 Å². The fraction of sp³-hybridized carbons (Fsp3) is 0.615. The zero-order valence-corrected chi connectivity index (χ0v) is 11.9. The molecule has 1 fully saturated rings. The van der Waals surface area contributed by atoms with Crippen molar-refractivity contribution < 1.29 is 4.79 Å². The maximum atomic E-state index is 10.9. The molecule has 0 unspecified atom stereocenters. The predicted octanol–water partition coefficient (Wildman–Crippen LogP) is -0.0382. The summed E-state index contributed by atoms with van der Waals surface area (Å²) in [5, 5.41) is 16.8. The molecule has 20 heavy (non-hydrogen) atoms. The van der Waals surface area contributed by atoms with E-state index >= 15 is 0 Å². The number of carbonyl (C=O) groups excluding carboxylic acids is 1. The molecule has 1 aliphatic rings. The lowest BCUT2D eigenvalue weighted by Gasteiger charge is -2.31. The number of hydrogen-bond donors (Lipinski definition) is 2. The molecule has 0 radical (unpaired) electrons. The summed E-state index contributed by atoms with van der Waals surface area (Å²) in [5.74, 6) is 0.490. The molecule has 3 N–H and O–H groups in total. The van der Waals surface area contributed by atoms with Crippen LogP contribution in [-0.2, 0) is 11.8 Å². The summed E-state index contributed by atoms with van der Waals surface area (Å²) in [6, 6.07) is 2.48. The van der Waals surface area contributed by atoms with Crippen LogP contribution in [0.2, 0.25) is 0 Å². The minimum Gasteiger partial charge on any atom is -0.369 e. The molecule has 2 heterocycles. The van der Waals surface area contributed by atoms with E-state index in [0.29, 0.717) is 18.2 Å². The number of aryl methyl sites for hydroxylation is 2. The number of anilines is 1. The van der Waals surface area contributed by atoms with E-state index in [0.717, 1.165) is 37.4 Å². The predicted molar refractivity (Wildman–Crippen MR) is 74.9 cm³/mol. The van der Waals surface area contributed by atoms with Crippen LogP contribution in [0.1, 0.15) is 24.1 Å². The topological polar surface area (TPSA) is 100.0 Å².